The molecule has 1 heterocycles. The number of benzene rings is 3. The largest absolute Gasteiger partial charge is 0.493 e. The summed E-state index contributed by atoms with van der Waals surface area (Å²) in [4.78, 5) is 21.0. The lowest BCUT2D eigenvalue weighted by Gasteiger charge is -2.35. The van der Waals surface area contributed by atoms with Gasteiger partial charge in [-0.25, -0.2) is 0 Å². The third-order valence-electron chi connectivity index (χ3n) is 7.04. The lowest BCUT2D eigenvalue weighted by atomic mass is 10.1. The number of nitrogens with one attached hydrogen (secondary N) is 1. The molecule has 0 saturated carbocycles. The van der Waals surface area contributed by atoms with Crippen LogP contribution in [0.5, 0.6) is 17.2 Å². The van der Waals surface area contributed by atoms with Gasteiger partial charge in [0, 0.05) is 61.8 Å². The molecule has 10 nitrogen and oxygen atoms in total. The number of methoxy groups -OCH3 is 3. The normalized spacial score (nSPS) is 13.6. The quantitative estimate of drug-likeness (QED) is 0.241. The van der Waals surface area contributed by atoms with Crippen molar-refractivity contribution in [2.45, 2.75) is 20.0 Å². The highest BCUT2D eigenvalue weighted by atomic mass is 35.5. The number of rotatable bonds is 10. The van der Waals surface area contributed by atoms with E-state index in [1.807, 2.05) is 55.5 Å². The maximum absolute atomic E-state index is 12.5. The highest BCUT2D eigenvalue weighted by Crippen LogP contribution is 2.40. The van der Waals surface area contributed by atoms with Crippen molar-refractivity contribution in [3.05, 3.63) is 76.9 Å². The Labute approximate surface area is 247 Å². The first-order valence-corrected chi connectivity index (χ1v) is 13.1. The summed E-state index contributed by atoms with van der Waals surface area (Å²) in [6.07, 6.45) is 0. The fourth-order valence-electron chi connectivity index (χ4n) is 4.88. The average Bonchev–Trinajstić information content (AvgIpc) is 2.95. The van der Waals surface area contributed by atoms with E-state index < -0.39 is 5.91 Å². The fraction of sp³-hybridized carbons (Fsp3) is 0.333. The van der Waals surface area contributed by atoms with Gasteiger partial charge in [0.25, 0.3) is 5.91 Å². The molecule has 1 amide bonds. The van der Waals surface area contributed by atoms with Gasteiger partial charge < -0.3 is 31.0 Å². The number of amides is 1. The zero-order valence-corrected chi connectivity index (χ0v) is 24.8. The van der Waals surface area contributed by atoms with Crippen molar-refractivity contribution in [3.63, 3.8) is 0 Å². The number of carbonyl (C=O) groups is 1. The number of hydrogen-bond donors (Lipinski definition) is 3. The number of anilines is 2. The summed E-state index contributed by atoms with van der Waals surface area (Å²) in [6, 6.07) is 17.5. The van der Waals surface area contributed by atoms with Crippen LogP contribution in [-0.2, 0) is 13.1 Å². The molecule has 1 saturated heterocycles. The number of carbonyl (C=O) groups excluding carboxylic acids is 1. The molecular formula is C30H39ClN6O4. The summed E-state index contributed by atoms with van der Waals surface area (Å²) in [5.74, 6) is 1.22. The molecule has 3 aromatic carbocycles. The first-order valence-electron chi connectivity index (χ1n) is 13.1. The van der Waals surface area contributed by atoms with Crippen LogP contribution in [-0.4, -0.2) is 69.2 Å². The van der Waals surface area contributed by atoms with Crippen LogP contribution in [0, 0.1) is 6.92 Å². The maximum Gasteiger partial charge on any atom is 0.280 e. The fourth-order valence-corrected chi connectivity index (χ4v) is 4.88. The van der Waals surface area contributed by atoms with Gasteiger partial charge >= 0.3 is 0 Å². The molecule has 1 fully saturated rings. The number of aryl methyl sites for hydroxylation is 1. The third kappa shape index (κ3) is 7.81. The van der Waals surface area contributed by atoms with E-state index in [0.717, 1.165) is 67.3 Å². The number of halogens is 1. The molecule has 0 unspecified atom stereocenters. The lowest BCUT2D eigenvalue weighted by molar-refractivity contribution is 0.100. The number of ether oxygens (including phenoxy) is 3. The number of nitrogens with zero attached hydrogens (tertiary/aromatic N) is 3. The molecule has 5 N–H and O–H groups in total. The smallest absolute Gasteiger partial charge is 0.280 e. The second-order valence-electron chi connectivity index (χ2n) is 9.70. The Kier molecular flexibility index (Phi) is 11.2. The molecule has 41 heavy (non-hydrogen) atoms. The molecule has 4 rings (SSSR count). The van der Waals surface area contributed by atoms with Gasteiger partial charge in [-0.05, 0) is 42.3 Å². The van der Waals surface area contributed by atoms with Gasteiger partial charge in [-0.1, -0.05) is 30.3 Å². The Bertz CT molecular complexity index is 1370. The molecular weight excluding hydrogens is 544 g/mol. The number of hydrogen-bond acceptors (Lipinski definition) is 7. The van der Waals surface area contributed by atoms with Crippen LogP contribution in [0.1, 0.15) is 27.0 Å². The van der Waals surface area contributed by atoms with E-state index in [2.05, 4.69) is 20.1 Å². The Balaban J connectivity index is 0.00000462. The minimum Gasteiger partial charge on any atom is -0.493 e. The van der Waals surface area contributed by atoms with E-state index in [4.69, 9.17) is 25.7 Å². The van der Waals surface area contributed by atoms with E-state index in [9.17, 15) is 4.79 Å². The van der Waals surface area contributed by atoms with E-state index in [0.29, 0.717) is 22.8 Å². The first-order chi connectivity index (χ1) is 19.3. The van der Waals surface area contributed by atoms with Gasteiger partial charge in [0.15, 0.2) is 17.5 Å². The molecule has 1 aliphatic rings. The van der Waals surface area contributed by atoms with E-state index in [1.165, 1.54) is 0 Å². The monoisotopic (exact) mass is 582 g/mol. The van der Waals surface area contributed by atoms with Gasteiger partial charge in [0.05, 0.1) is 21.3 Å². The Morgan fingerprint density at radius 3 is 2.02 bits per heavy atom. The van der Waals surface area contributed by atoms with Crippen LogP contribution in [0.15, 0.2) is 59.6 Å². The molecule has 11 heteroatoms. The van der Waals surface area contributed by atoms with Crippen LogP contribution < -0.4 is 31.0 Å². The van der Waals surface area contributed by atoms with Crippen LogP contribution in [0.3, 0.4) is 0 Å². The molecule has 1 aliphatic heterocycles. The number of para-hydroxylation sites is 1. The van der Waals surface area contributed by atoms with E-state index in [1.54, 1.807) is 27.4 Å². The molecule has 0 bridgehead atoms. The van der Waals surface area contributed by atoms with Gasteiger partial charge in [0.2, 0.25) is 5.75 Å². The van der Waals surface area contributed by atoms with Crippen molar-refractivity contribution in [3.8, 4) is 17.2 Å². The number of aliphatic imine (C=N–C) groups is 1. The standard InChI is InChI=1S/C30H38N6O4.ClH/c1-20-7-5-6-8-24(20)33-25-17-21(29(37)34-30(31)32)9-10-22(25)18-35-13-15-36(16-14-35)19-23-11-12-26(38-2)28(40-4)27(23)39-3;/h5-12,17,33H,13-16,18-19H2,1-4H3,(H4,31,32,34,37);1H. The molecule has 0 atom stereocenters. The highest BCUT2D eigenvalue weighted by molar-refractivity contribution is 6.02. The maximum atomic E-state index is 12.5. The number of nitrogens with two attached hydrogens (primary N) is 2. The SMILES string of the molecule is COc1ccc(CN2CCN(Cc3ccc(C(=O)N=C(N)N)cc3Nc3ccccc3C)CC2)c(OC)c1OC.Cl. The summed E-state index contributed by atoms with van der Waals surface area (Å²) in [6.45, 7) is 7.13. The Morgan fingerprint density at radius 1 is 0.829 bits per heavy atom. The minimum atomic E-state index is -0.474. The topological polar surface area (TPSA) is 128 Å². The lowest BCUT2D eigenvalue weighted by Crippen LogP contribution is -2.45. The molecule has 0 aromatic heterocycles. The van der Waals surface area contributed by atoms with Crippen molar-refractivity contribution in [1.29, 1.82) is 0 Å². The number of piperazine rings is 1. The zero-order valence-electron chi connectivity index (χ0n) is 24.0. The summed E-state index contributed by atoms with van der Waals surface area (Å²) in [5.41, 5.74) is 16.3. The predicted molar refractivity (Wildman–Crippen MR) is 165 cm³/mol. The molecule has 0 aliphatic carbocycles. The van der Waals surface area contributed by atoms with E-state index in [-0.39, 0.29) is 18.4 Å². The van der Waals surface area contributed by atoms with E-state index >= 15 is 0 Å². The highest BCUT2D eigenvalue weighted by Gasteiger charge is 2.22. The van der Waals surface area contributed by atoms with Crippen LogP contribution in [0.25, 0.3) is 0 Å². The Hall–Kier alpha value is -3.99. The average molecular weight is 583 g/mol. The Morgan fingerprint density at radius 2 is 1.44 bits per heavy atom. The molecule has 0 radical (unpaired) electrons. The van der Waals surface area contributed by atoms with Crippen LogP contribution >= 0.6 is 12.4 Å². The van der Waals surface area contributed by atoms with Gasteiger partial charge in [-0.3, -0.25) is 14.6 Å². The van der Waals surface area contributed by atoms with Crippen molar-refractivity contribution in [2.75, 3.05) is 52.8 Å². The van der Waals surface area contributed by atoms with Crippen molar-refractivity contribution in [2.24, 2.45) is 16.5 Å². The van der Waals surface area contributed by atoms with Gasteiger partial charge in [-0.15, -0.1) is 12.4 Å². The second kappa shape index (κ2) is 14.6. The number of guanidine groups is 1. The summed E-state index contributed by atoms with van der Waals surface area (Å²) < 4.78 is 16.6. The third-order valence-corrected chi connectivity index (χ3v) is 7.04. The first kappa shape index (κ1) is 31.5. The molecule has 3 aromatic rings. The molecule has 220 valence electrons. The van der Waals surface area contributed by atoms with Gasteiger partial charge in [0.1, 0.15) is 0 Å². The summed E-state index contributed by atoms with van der Waals surface area (Å²) >= 11 is 0. The molecule has 0 spiro atoms. The van der Waals surface area contributed by atoms with Crippen LogP contribution in [0.4, 0.5) is 11.4 Å². The summed E-state index contributed by atoms with van der Waals surface area (Å²) in [5, 5.41) is 3.52. The van der Waals surface area contributed by atoms with Crippen molar-refractivity contribution in [1.82, 2.24) is 9.80 Å². The van der Waals surface area contributed by atoms with Gasteiger partial charge in [-0.2, -0.15) is 4.99 Å². The summed E-state index contributed by atoms with van der Waals surface area (Å²) in [7, 11) is 4.89. The predicted octanol–water partition coefficient (Wildman–Crippen LogP) is 3.92. The van der Waals surface area contributed by atoms with Crippen LogP contribution in [0.2, 0.25) is 0 Å². The van der Waals surface area contributed by atoms with Crippen molar-refractivity contribution >= 4 is 35.6 Å². The zero-order chi connectivity index (χ0) is 28.6. The second-order valence-corrected chi connectivity index (χ2v) is 9.70. The van der Waals surface area contributed by atoms with Crippen molar-refractivity contribution < 1.29 is 19.0 Å². The minimum absolute atomic E-state index is 0.